The molecular weight excluding hydrogens is 198 g/mol. The van der Waals surface area contributed by atoms with Crippen molar-refractivity contribution in [3.63, 3.8) is 0 Å². The Hall–Kier alpha value is -0.930. The van der Waals surface area contributed by atoms with Crippen LogP contribution in [0.2, 0.25) is 0 Å². The highest BCUT2D eigenvalue weighted by atomic mass is 15.2. The molecule has 0 saturated carbocycles. The molecule has 1 unspecified atom stereocenters. The molecule has 0 aromatic carbocycles. The van der Waals surface area contributed by atoms with Crippen LogP contribution >= 0.6 is 0 Å². The Morgan fingerprint density at radius 3 is 2.62 bits per heavy atom. The first-order valence-corrected chi connectivity index (χ1v) is 5.81. The molecule has 0 aliphatic carbocycles. The zero-order valence-corrected chi connectivity index (χ0v) is 10.8. The molecule has 0 fully saturated rings. The first-order chi connectivity index (χ1) is 7.50. The van der Waals surface area contributed by atoms with Crippen LogP contribution in [-0.4, -0.2) is 29.0 Å². The van der Waals surface area contributed by atoms with Crippen LogP contribution in [0, 0.1) is 5.92 Å². The van der Waals surface area contributed by atoms with Crippen molar-refractivity contribution in [2.75, 3.05) is 13.6 Å². The zero-order chi connectivity index (χ0) is 12.2. The van der Waals surface area contributed by atoms with E-state index in [1.165, 1.54) is 5.56 Å². The Kier molecular flexibility index (Phi) is 4.44. The van der Waals surface area contributed by atoms with E-state index in [0.29, 0.717) is 12.5 Å². The number of nitrogens with two attached hydrogens (primary N) is 1. The minimum absolute atomic E-state index is 0.0375. The second-order valence-corrected chi connectivity index (χ2v) is 4.93. The maximum atomic E-state index is 5.91. The minimum atomic E-state index is 0.0375. The fourth-order valence-corrected chi connectivity index (χ4v) is 1.78. The van der Waals surface area contributed by atoms with Gasteiger partial charge in [0.2, 0.25) is 0 Å². The monoisotopic (exact) mass is 221 g/mol. The molecule has 0 radical (unpaired) electrons. The maximum absolute atomic E-state index is 5.91. The second-order valence-electron chi connectivity index (χ2n) is 4.93. The lowest BCUT2D eigenvalue weighted by molar-refractivity contribution is 0.0877. The lowest BCUT2D eigenvalue weighted by atomic mass is 9.86. The summed E-state index contributed by atoms with van der Waals surface area (Å²) in [5, 5.41) is 0. The standard InChI is InChI=1S/C13H23N3/c1-11(2)13(3,10-14)16(4)9-12-6-5-7-15-8-12/h5-8,11H,9-10,14H2,1-4H3. The molecule has 0 bridgehead atoms. The largest absolute Gasteiger partial charge is 0.329 e. The summed E-state index contributed by atoms with van der Waals surface area (Å²) in [6.07, 6.45) is 3.71. The van der Waals surface area contributed by atoms with E-state index in [0.717, 1.165) is 6.54 Å². The summed E-state index contributed by atoms with van der Waals surface area (Å²) < 4.78 is 0. The fraction of sp³-hybridized carbons (Fsp3) is 0.615. The third-order valence-corrected chi connectivity index (χ3v) is 3.67. The first-order valence-electron chi connectivity index (χ1n) is 5.81. The average Bonchev–Trinajstić information content (AvgIpc) is 2.28. The van der Waals surface area contributed by atoms with Crippen LogP contribution in [0.15, 0.2) is 24.5 Å². The third-order valence-electron chi connectivity index (χ3n) is 3.67. The van der Waals surface area contributed by atoms with Crippen LogP contribution in [0.3, 0.4) is 0 Å². The van der Waals surface area contributed by atoms with Gasteiger partial charge in [0.05, 0.1) is 0 Å². The highest BCUT2D eigenvalue weighted by molar-refractivity contribution is 5.09. The van der Waals surface area contributed by atoms with E-state index in [9.17, 15) is 0 Å². The van der Waals surface area contributed by atoms with Gasteiger partial charge in [-0.05, 0) is 31.5 Å². The summed E-state index contributed by atoms with van der Waals surface area (Å²) in [6.45, 7) is 8.20. The molecule has 0 aliphatic rings. The zero-order valence-electron chi connectivity index (χ0n) is 10.8. The number of likely N-dealkylation sites (N-methyl/N-ethyl adjacent to an activating group) is 1. The highest BCUT2D eigenvalue weighted by Gasteiger charge is 2.31. The Morgan fingerprint density at radius 2 is 2.19 bits per heavy atom. The van der Waals surface area contributed by atoms with Crippen LogP contribution < -0.4 is 5.73 Å². The number of pyridine rings is 1. The van der Waals surface area contributed by atoms with E-state index in [4.69, 9.17) is 5.73 Å². The first kappa shape index (κ1) is 13.1. The SMILES string of the molecule is CC(C)C(C)(CN)N(C)Cc1cccnc1. The van der Waals surface area contributed by atoms with Gasteiger partial charge in [-0.25, -0.2) is 0 Å². The molecule has 2 N–H and O–H groups in total. The normalized spacial score (nSPS) is 15.4. The molecule has 1 heterocycles. The molecule has 3 heteroatoms. The Balaban J connectivity index is 2.74. The second kappa shape index (κ2) is 5.41. The van der Waals surface area contributed by atoms with E-state index in [2.05, 4.69) is 43.8 Å². The fourth-order valence-electron chi connectivity index (χ4n) is 1.78. The molecule has 90 valence electrons. The number of hydrogen-bond donors (Lipinski definition) is 1. The van der Waals surface area contributed by atoms with E-state index in [1.807, 2.05) is 12.3 Å². The summed E-state index contributed by atoms with van der Waals surface area (Å²) in [4.78, 5) is 6.45. The quantitative estimate of drug-likeness (QED) is 0.825. The summed E-state index contributed by atoms with van der Waals surface area (Å²) in [5.74, 6) is 0.527. The summed E-state index contributed by atoms with van der Waals surface area (Å²) in [6, 6.07) is 4.07. The average molecular weight is 221 g/mol. The molecule has 0 aliphatic heterocycles. The molecule has 3 nitrogen and oxygen atoms in total. The topological polar surface area (TPSA) is 42.1 Å². The van der Waals surface area contributed by atoms with Gasteiger partial charge in [-0.2, -0.15) is 0 Å². The minimum Gasteiger partial charge on any atom is -0.329 e. The van der Waals surface area contributed by atoms with E-state index >= 15 is 0 Å². The van der Waals surface area contributed by atoms with Gasteiger partial charge < -0.3 is 5.73 Å². The number of nitrogens with zero attached hydrogens (tertiary/aromatic N) is 2. The van der Waals surface area contributed by atoms with Gasteiger partial charge in [0.25, 0.3) is 0 Å². The Morgan fingerprint density at radius 1 is 1.50 bits per heavy atom. The van der Waals surface area contributed by atoms with Gasteiger partial charge in [-0.1, -0.05) is 19.9 Å². The lowest BCUT2D eigenvalue weighted by Crippen LogP contribution is -2.53. The van der Waals surface area contributed by atoms with Gasteiger partial charge >= 0.3 is 0 Å². The molecule has 1 rings (SSSR count). The molecule has 1 aromatic heterocycles. The third kappa shape index (κ3) is 2.80. The molecule has 0 amide bonds. The van der Waals surface area contributed by atoms with Gasteiger partial charge in [0.15, 0.2) is 0 Å². The van der Waals surface area contributed by atoms with Crippen LogP contribution in [0.5, 0.6) is 0 Å². The van der Waals surface area contributed by atoms with Gasteiger partial charge in [0.1, 0.15) is 0 Å². The molecule has 0 spiro atoms. The van der Waals surface area contributed by atoms with Crippen LogP contribution in [-0.2, 0) is 6.54 Å². The van der Waals surface area contributed by atoms with Crippen molar-refractivity contribution in [3.05, 3.63) is 30.1 Å². The summed E-state index contributed by atoms with van der Waals surface area (Å²) in [5.41, 5.74) is 7.17. The smallest absolute Gasteiger partial charge is 0.0326 e. The summed E-state index contributed by atoms with van der Waals surface area (Å²) in [7, 11) is 2.12. The highest BCUT2D eigenvalue weighted by Crippen LogP contribution is 2.23. The Bertz CT molecular complexity index is 310. The summed E-state index contributed by atoms with van der Waals surface area (Å²) >= 11 is 0. The number of hydrogen-bond acceptors (Lipinski definition) is 3. The van der Waals surface area contributed by atoms with Crippen molar-refractivity contribution < 1.29 is 0 Å². The predicted octanol–water partition coefficient (Wildman–Crippen LogP) is 1.89. The van der Waals surface area contributed by atoms with E-state index in [-0.39, 0.29) is 5.54 Å². The molecular formula is C13H23N3. The number of rotatable bonds is 5. The lowest BCUT2D eigenvalue weighted by Gasteiger charge is -2.41. The van der Waals surface area contributed by atoms with Crippen LogP contribution in [0.25, 0.3) is 0 Å². The van der Waals surface area contributed by atoms with Gasteiger partial charge in [-0.15, -0.1) is 0 Å². The molecule has 0 saturated heterocycles. The maximum Gasteiger partial charge on any atom is 0.0326 e. The van der Waals surface area contributed by atoms with E-state index < -0.39 is 0 Å². The Labute approximate surface area is 98.7 Å². The predicted molar refractivity (Wildman–Crippen MR) is 68.0 cm³/mol. The van der Waals surface area contributed by atoms with Crippen LogP contribution in [0.1, 0.15) is 26.3 Å². The van der Waals surface area contributed by atoms with Crippen molar-refractivity contribution >= 4 is 0 Å². The molecule has 1 aromatic rings. The molecule has 1 atom stereocenters. The van der Waals surface area contributed by atoms with Crippen molar-refractivity contribution in [1.29, 1.82) is 0 Å². The number of aromatic nitrogens is 1. The van der Waals surface area contributed by atoms with Crippen molar-refractivity contribution in [1.82, 2.24) is 9.88 Å². The van der Waals surface area contributed by atoms with Crippen molar-refractivity contribution in [2.45, 2.75) is 32.9 Å². The van der Waals surface area contributed by atoms with Crippen molar-refractivity contribution in [2.24, 2.45) is 11.7 Å². The van der Waals surface area contributed by atoms with Crippen LogP contribution in [0.4, 0.5) is 0 Å². The molecule has 16 heavy (non-hydrogen) atoms. The van der Waals surface area contributed by atoms with Crippen molar-refractivity contribution in [3.8, 4) is 0 Å². The van der Waals surface area contributed by atoms with Gasteiger partial charge in [-0.3, -0.25) is 9.88 Å². The van der Waals surface area contributed by atoms with E-state index in [1.54, 1.807) is 6.20 Å². The van der Waals surface area contributed by atoms with Gasteiger partial charge in [0, 0.05) is 31.0 Å².